The van der Waals surface area contributed by atoms with Gasteiger partial charge in [0.05, 0.1) is 30.1 Å². The van der Waals surface area contributed by atoms with E-state index in [1.807, 2.05) is 17.5 Å². The van der Waals surface area contributed by atoms with Crippen LogP contribution in [0.15, 0.2) is 40.5 Å². The van der Waals surface area contributed by atoms with E-state index in [0.717, 1.165) is 16.2 Å². The number of fused-ring (bicyclic) bond motifs is 3. The van der Waals surface area contributed by atoms with Gasteiger partial charge in [-0.1, -0.05) is 17.4 Å². The monoisotopic (exact) mass is 431 g/mol. The van der Waals surface area contributed by atoms with Gasteiger partial charge in [-0.3, -0.25) is 14.0 Å². The van der Waals surface area contributed by atoms with E-state index in [9.17, 15) is 14.4 Å². The van der Waals surface area contributed by atoms with Crippen LogP contribution in [0.1, 0.15) is 24.9 Å². The number of H-pyrrole nitrogens is 1. The maximum atomic E-state index is 12.7. The summed E-state index contributed by atoms with van der Waals surface area (Å²) in [4.78, 5) is 41.1. The minimum atomic E-state index is -0.522. The zero-order chi connectivity index (χ0) is 19.8. The highest BCUT2D eigenvalue weighted by Crippen LogP contribution is 2.23. The average molecular weight is 432 g/mol. The smallest absolute Gasteiger partial charge is 0.337 e. The highest BCUT2D eigenvalue weighted by Gasteiger charge is 2.19. The molecule has 0 aliphatic rings. The second kappa shape index (κ2) is 7.30. The van der Waals surface area contributed by atoms with Crippen LogP contribution in [0.4, 0.5) is 0 Å². The molecule has 0 aliphatic heterocycles. The summed E-state index contributed by atoms with van der Waals surface area (Å²) in [6, 6.07) is 8.43. The van der Waals surface area contributed by atoms with Crippen LogP contribution in [0.5, 0.6) is 0 Å². The molecular formula is C18H13N3O4S3. The van der Waals surface area contributed by atoms with Gasteiger partial charge in [-0.05, 0) is 41.9 Å². The van der Waals surface area contributed by atoms with Crippen LogP contribution in [-0.4, -0.2) is 28.4 Å². The highest BCUT2D eigenvalue weighted by atomic mass is 32.1. The number of nitrogens with zero attached hydrogens (tertiary/aromatic N) is 1. The van der Waals surface area contributed by atoms with Gasteiger partial charge in [0.2, 0.25) is 0 Å². The molecule has 1 aromatic carbocycles. The van der Waals surface area contributed by atoms with Crippen molar-refractivity contribution in [1.82, 2.24) is 14.7 Å². The lowest BCUT2D eigenvalue weighted by molar-refractivity contribution is 0.0600. The maximum absolute atomic E-state index is 12.7. The number of aromatic nitrogens is 2. The first-order chi connectivity index (χ1) is 13.5. The Kier molecular flexibility index (Phi) is 4.84. The Balaban J connectivity index is 1.86. The zero-order valence-corrected chi connectivity index (χ0v) is 16.9. The Labute approximate surface area is 171 Å². The van der Waals surface area contributed by atoms with Gasteiger partial charge in [-0.15, -0.1) is 11.3 Å². The average Bonchev–Trinajstić information content (AvgIpc) is 3.33. The molecule has 0 unspecified atom stereocenters. The zero-order valence-electron chi connectivity index (χ0n) is 14.5. The van der Waals surface area contributed by atoms with Gasteiger partial charge in [-0.2, -0.15) is 0 Å². The Morgan fingerprint density at radius 1 is 1.32 bits per heavy atom. The number of esters is 1. The number of amides is 1. The van der Waals surface area contributed by atoms with E-state index in [-0.39, 0.29) is 11.5 Å². The van der Waals surface area contributed by atoms with Crippen LogP contribution < -0.4 is 10.9 Å². The first kappa shape index (κ1) is 18.5. The summed E-state index contributed by atoms with van der Waals surface area (Å²) in [5.74, 6) is -0.850. The maximum Gasteiger partial charge on any atom is 0.337 e. The molecule has 4 aromatic rings. The number of rotatable bonds is 4. The summed E-state index contributed by atoms with van der Waals surface area (Å²) >= 11 is 8.07. The van der Waals surface area contributed by atoms with Crippen molar-refractivity contribution in [1.29, 1.82) is 0 Å². The third-order valence-electron chi connectivity index (χ3n) is 4.16. The molecule has 142 valence electrons. The molecule has 28 heavy (non-hydrogen) atoms. The number of ether oxygens (including phenoxy) is 1. The van der Waals surface area contributed by atoms with Crippen molar-refractivity contribution in [3.63, 3.8) is 0 Å². The summed E-state index contributed by atoms with van der Waals surface area (Å²) in [6.45, 7) is 0.387. The number of thiophene rings is 1. The van der Waals surface area contributed by atoms with Crippen molar-refractivity contribution in [2.24, 2.45) is 0 Å². The number of hydrogen-bond acceptors (Lipinski definition) is 7. The van der Waals surface area contributed by atoms with E-state index < -0.39 is 5.97 Å². The molecule has 2 N–H and O–H groups in total. The summed E-state index contributed by atoms with van der Waals surface area (Å²) in [5, 5.41) is 5.13. The molecule has 0 radical (unpaired) electrons. The first-order valence-electron chi connectivity index (χ1n) is 8.10. The van der Waals surface area contributed by atoms with E-state index >= 15 is 0 Å². The molecule has 0 atom stereocenters. The van der Waals surface area contributed by atoms with E-state index in [4.69, 9.17) is 17.0 Å². The Morgan fingerprint density at radius 3 is 2.86 bits per heavy atom. The molecule has 0 saturated heterocycles. The fraction of sp³-hybridized carbons (Fsp3) is 0.111. The number of carbonyl (C=O) groups excluding carboxylic acids is 2. The number of thiazole rings is 1. The molecule has 0 saturated carbocycles. The standard InChI is InChI=1S/C18H13N3O4S3/c1-25-17(24)9-4-5-11-12(7-9)21-14(20-15(11)22)13(28-18(21)26)16(23)19-8-10-3-2-6-27-10/h2-7H,8H2,1H3,(H,19,23)(H,20,22). The normalized spacial score (nSPS) is 11.0. The van der Waals surface area contributed by atoms with Crippen LogP contribution >= 0.6 is 34.9 Å². The lowest BCUT2D eigenvalue weighted by Gasteiger charge is -2.06. The highest BCUT2D eigenvalue weighted by molar-refractivity contribution is 7.73. The van der Waals surface area contributed by atoms with Crippen LogP contribution in [-0.2, 0) is 11.3 Å². The fourth-order valence-electron chi connectivity index (χ4n) is 2.85. The lowest BCUT2D eigenvalue weighted by atomic mass is 10.1. The molecule has 3 aromatic heterocycles. The molecule has 0 fully saturated rings. The second-order valence-corrected chi connectivity index (χ2v) is 8.50. The molecule has 7 nitrogen and oxygen atoms in total. The van der Waals surface area contributed by atoms with Gasteiger partial charge in [0.15, 0.2) is 3.95 Å². The van der Waals surface area contributed by atoms with Gasteiger partial charge in [0.1, 0.15) is 10.5 Å². The Hall–Kier alpha value is -2.82. The first-order valence-corrected chi connectivity index (χ1v) is 10.2. The molecule has 10 heteroatoms. The van der Waals surface area contributed by atoms with Crippen LogP contribution in [0, 0.1) is 3.95 Å². The van der Waals surface area contributed by atoms with Gasteiger partial charge >= 0.3 is 5.97 Å². The number of benzene rings is 1. The number of nitrogens with one attached hydrogen (secondary N) is 2. The quantitative estimate of drug-likeness (QED) is 0.382. The van der Waals surface area contributed by atoms with Crippen LogP contribution in [0.3, 0.4) is 0 Å². The third kappa shape index (κ3) is 3.15. The molecule has 3 heterocycles. The topological polar surface area (TPSA) is 92.7 Å². The third-order valence-corrected chi connectivity index (χ3v) is 6.41. The van der Waals surface area contributed by atoms with E-state index in [2.05, 4.69) is 10.3 Å². The number of hydrogen-bond donors (Lipinski definition) is 2. The minimum absolute atomic E-state index is 0.290. The van der Waals surface area contributed by atoms with E-state index in [1.54, 1.807) is 21.8 Å². The predicted molar refractivity (Wildman–Crippen MR) is 111 cm³/mol. The van der Waals surface area contributed by atoms with Crippen molar-refractivity contribution < 1.29 is 14.3 Å². The minimum Gasteiger partial charge on any atom is -0.465 e. The van der Waals surface area contributed by atoms with Gasteiger partial charge < -0.3 is 15.0 Å². The predicted octanol–water partition coefficient (Wildman–Crippen LogP) is 3.35. The summed E-state index contributed by atoms with van der Waals surface area (Å²) in [6.07, 6.45) is 0. The van der Waals surface area contributed by atoms with Crippen LogP contribution in [0.25, 0.3) is 16.6 Å². The van der Waals surface area contributed by atoms with Crippen LogP contribution in [0.2, 0.25) is 0 Å². The Morgan fingerprint density at radius 2 is 2.14 bits per heavy atom. The lowest BCUT2D eigenvalue weighted by Crippen LogP contribution is -2.22. The summed E-state index contributed by atoms with van der Waals surface area (Å²) in [5.41, 5.74) is 0.670. The Bertz CT molecular complexity index is 1330. The number of carbonyl (C=O) groups is 2. The molecule has 1 amide bonds. The molecule has 4 rings (SSSR count). The number of methoxy groups -OCH3 is 1. The van der Waals surface area contributed by atoms with Crippen molar-refractivity contribution >= 4 is 63.3 Å². The van der Waals surface area contributed by atoms with E-state index in [1.165, 1.54) is 19.2 Å². The van der Waals surface area contributed by atoms with Gasteiger partial charge in [-0.25, -0.2) is 4.79 Å². The molecule has 0 bridgehead atoms. The SMILES string of the molecule is COC(=O)c1ccc2c(=O)[nH]c3c(C(=O)NCc4cccs4)sc(=S)n3c2c1. The molecule has 0 aliphatic carbocycles. The van der Waals surface area contributed by atoms with Gasteiger partial charge in [0.25, 0.3) is 11.5 Å². The van der Waals surface area contributed by atoms with Gasteiger partial charge in [0, 0.05) is 4.88 Å². The van der Waals surface area contributed by atoms with Crippen molar-refractivity contribution in [2.75, 3.05) is 7.11 Å². The van der Waals surface area contributed by atoms with Crippen molar-refractivity contribution in [3.05, 3.63) is 65.3 Å². The van der Waals surface area contributed by atoms with Crippen molar-refractivity contribution in [2.45, 2.75) is 6.54 Å². The largest absolute Gasteiger partial charge is 0.465 e. The fourth-order valence-corrected chi connectivity index (χ4v) is 4.79. The molecule has 0 spiro atoms. The van der Waals surface area contributed by atoms with E-state index in [0.29, 0.717) is 37.5 Å². The second-order valence-electron chi connectivity index (χ2n) is 5.82. The summed E-state index contributed by atoms with van der Waals surface area (Å²) < 4.78 is 6.74. The van der Waals surface area contributed by atoms with Crippen molar-refractivity contribution in [3.8, 4) is 0 Å². The number of aromatic amines is 1. The molecular weight excluding hydrogens is 418 g/mol. The summed E-state index contributed by atoms with van der Waals surface area (Å²) in [7, 11) is 1.28.